The van der Waals surface area contributed by atoms with Crippen molar-refractivity contribution in [2.75, 3.05) is 5.32 Å². The molecule has 0 fully saturated rings. The highest BCUT2D eigenvalue weighted by Crippen LogP contribution is 2.16. The number of carbonyl (C=O) groups is 1. The van der Waals surface area contributed by atoms with E-state index in [0.717, 1.165) is 11.1 Å². The summed E-state index contributed by atoms with van der Waals surface area (Å²) < 4.78 is 13.1. The summed E-state index contributed by atoms with van der Waals surface area (Å²) in [6.45, 7) is 2.16. The van der Waals surface area contributed by atoms with Crippen LogP contribution >= 0.6 is 0 Å². The zero-order valence-corrected chi connectivity index (χ0v) is 10.5. The molecule has 98 valence electrons. The van der Waals surface area contributed by atoms with Gasteiger partial charge in [0.15, 0.2) is 0 Å². The van der Waals surface area contributed by atoms with Gasteiger partial charge < -0.3 is 11.1 Å². The number of aryl methyl sites for hydroxylation is 1. The molecule has 0 atom stereocenters. The highest BCUT2D eigenvalue weighted by atomic mass is 19.1. The number of benzene rings is 1. The highest BCUT2D eigenvalue weighted by Gasteiger charge is 2.09. The summed E-state index contributed by atoms with van der Waals surface area (Å²) in [6, 6.07) is 7.56. The molecule has 3 N–H and O–H groups in total. The third kappa shape index (κ3) is 3.14. The van der Waals surface area contributed by atoms with Crippen molar-refractivity contribution >= 4 is 11.6 Å². The Labute approximate surface area is 110 Å². The van der Waals surface area contributed by atoms with Gasteiger partial charge in [-0.15, -0.1) is 0 Å². The molecule has 0 aliphatic carbocycles. The van der Waals surface area contributed by atoms with Crippen molar-refractivity contribution in [3.05, 3.63) is 59.2 Å². The Morgan fingerprint density at radius 2 is 2.16 bits per heavy atom. The lowest BCUT2D eigenvalue weighted by Gasteiger charge is -2.08. The number of hydrogen-bond acceptors (Lipinski definition) is 3. The maximum Gasteiger partial charge on any atom is 0.274 e. The summed E-state index contributed by atoms with van der Waals surface area (Å²) in [4.78, 5) is 16.0. The van der Waals surface area contributed by atoms with E-state index in [2.05, 4.69) is 10.3 Å². The van der Waals surface area contributed by atoms with Crippen molar-refractivity contribution in [2.24, 2.45) is 5.73 Å². The molecular formula is C14H14FN3O. The van der Waals surface area contributed by atoms with Gasteiger partial charge in [0.05, 0.1) is 0 Å². The molecule has 0 aliphatic heterocycles. The standard InChI is InChI=1S/C14H14FN3O/c1-9-2-4-11(15)6-13(9)18-14(19)12-5-3-10(7-16)8-17-12/h2-6,8H,7,16H2,1H3,(H,18,19). The number of pyridine rings is 1. The number of carbonyl (C=O) groups excluding carboxylic acids is 1. The number of nitrogens with zero attached hydrogens (tertiary/aromatic N) is 1. The number of halogens is 1. The van der Waals surface area contributed by atoms with Crippen LogP contribution in [0.4, 0.5) is 10.1 Å². The number of aromatic nitrogens is 1. The summed E-state index contributed by atoms with van der Waals surface area (Å²) >= 11 is 0. The average molecular weight is 259 g/mol. The molecular weight excluding hydrogens is 245 g/mol. The number of nitrogens with one attached hydrogen (secondary N) is 1. The second-order valence-corrected chi connectivity index (χ2v) is 4.17. The van der Waals surface area contributed by atoms with Gasteiger partial charge in [-0.25, -0.2) is 4.39 Å². The lowest BCUT2D eigenvalue weighted by atomic mass is 10.2. The molecule has 0 aliphatic rings. The molecule has 0 saturated carbocycles. The predicted molar refractivity (Wildman–Crippen MR) is 71.2 cm³/mol. The van der Waals surface area contributed by atoms with E-state index in [0.29, 0.717) is 12.2 Å². The molecule has 1 aromatic carbocycles. The van der Waals surface area contributed by atoms with Crippen LogP contribution in [0, 0.1) is 12.7 Å². The van der Waals surface area contributed by atoms with Crippen LogP contribution < -0.4 is 11.1 Å². The first-order chi connectivity index (χ1) is 9.10. The lowest BCUT2D eigenvalue weighted by Crippen LogP contribution is -2.14. The fraction of sp³-hybridized carbons (Fsp3) is 0.143. The molecule has 4 nitrogen and oxygen atoms in total. The molecule has 0 unspecified atom stereocenters. The third-order valence-corrected chi connectivity index (χ3v) is 2.74. The largest absolute Gasteiger partial charge is 0.326 e. The minimum Gasteiger partial charge on any atom is -0.326 e. The van der Waals surface area contributed by atoms with E-state index in [1.807, 2.05) is 0 Å². The van der Waals surface area contributed by atoms with Crippen molar-refractivity contribution in [3.8, 4) is 0 Å². The second kappa shape index (κ2) is 5.58. The molecule has 5 heteroatoms. The van der Waals surface area contributed by atoms with Crippen molar-refractivity contribution in [1.82, 2.24) is 4.98 Å². The van der Waals surface area contributed by atoms with Gasteiger partial charge in [-0.1, -0.05) is 12.1 Å². The Morgan fingerprint density at radius 3 is 2.79 bits per heavy atom. The van der Waals surface area contributed by atoms with Crippen LogP contribution in [0.15, 0.2) is 36.5 Å². The number of nitrogens with two attached hydrogens (primary N) is 1. The Bertz CT molecular complexity index is 596. The van der Waals surface area contributed by atoms with Crippen molar-refractivity contribution in [2.45, 2.75) is 13.5 Å². The highest BCUT2D eigenvalue weighted by molar-refractivity contribution is 6.03. The summed E-state index contributed by atoms with van der Waals surface area (Å²) in [7, 11) is 0. The Morgan fingerprint density at radius 1 is 1.37 bits per heavy atom. The molecule has 0 bridgehead atoms. The van der Waals surface area contributed by atoms with E-state index in [1.165, 1.54) is 12.1 Å². The molecule has 0 radical (unpaired) electrons. The van der Waals surface area contributed by atoms with E-state index < -0.39 is 5.82 Å². The Kier molecular flexibility index (Phi) is 3.87. The van der Waals surface area contributed by atoms with E-state index >= 15 is 0 Å². The van der Waals surface area contributed by atoms with Crippen LogP contribution in [0.25, 0.3) is 0 Å². The SMILES string of the molecule is Cc1ccc(F)cc1NC(=O)c1ccc(CN)cn1. The van der Waals surface area contributed by atoms with Gasteiger partial charge in [0.1, 0.15) is 11.5 Å². The molecule has 1 heterocycles. The van der Waals surface area contributed by atoms with Gasteiger partial charge in [-0.05, 0) is 36.2 Å². The first-order valence-electron chi connectivity index (χ1n) is 5.82. The van der Waals surface area contributed by atoms with Crippen LogP contribution in [0.3, 0.4) is 0 Å². The van der Waals surface area contributed by atoms with Crippen LogP contribution in [-0.2, 0) is 6.54 Å². The Balaban J connectivity index is 2.18. The van der Waals surface area contributed by atoms with E-state index in [1.54, 1.807) is 31.3 Å². The zero-order valence-electron chi connectivity index (χ0n) is 10.5. The number of anilines is 1. The number of amides is 1. The predicted octanol–water partition coefficient (Wildman–Crippen LogP) is 2.24. The maximum absolute atomic E-state index is 13.1. The molecule has 0 saturated heterocycles. The zero-order chi connectivity index (χ0) is 13.8. The van der Waals surface area contributed by atoms with E-state index in [9.17, 15) is 9.18 Å². The first-order valence-corrected chi connectivity index (χ1v) is 5.82. The van der Waals surface area contributed by atoms with Crippen LogP contribution in [0.2, 0.25) is 0 Å². The number of hydrogen-bond donors (Lipinski definition) is 2. The quantitative estimate of drug-likeness (QED) is 0.888. The van der Waals surface area contributed by atoms with Crippen LogP contribution in [-0.4, -0.2) is 10.9 Å². The van der Waals surface area contributed by atoms with Crippen LogP contribution in [0.1, 0.15) is 21.6 Å². The maximum atomic E-state index is 13.1. The normalized spacial score (nSPS) is 10.3. The van der Waals surface area contributed by atoms with E-state index in [4.69, 9.17) is 5.73 Å². The topological polar surface area (TPSA) is 68.0 Å². The van der Waals surface area contributed by atoms with Gasteiger partial charge in [0.25, 0.3) is 5.91 Å². The average Bonchev–Trinajstić information content (AvgIpc) is 2.43. The smallest absolute Gasteiger partial charge is 0.274 e. The van der Waals surface area contributed by atoms with Gasteiger partial charge in [-0.2, -0.15) is 0 Å². The van der Waals surface area contributed by atoms with Crippen LogP contribution in [0.5, 0.6) is 0 Å². The van der Waals surface area contributed by atoms with E-state index in [-0.39, 0.29) is 11.6 Å². The van der Waals surface area contributed by atoms with Crippen molar-refractivity contribution < 1.29 is 9.18 Å². The van der Waals surface area contributed by atoms with Gasteiger partial charge in [0, 0.05) is 18.4 Å². The van der Waals surface area contributed by atoms with Gasteiger partial charge in [-0.3, -0.25) is 9.78 Å². The first kappa shape index (κ1) is 13.2. The Hall–Kier alpha value is -2.27. The fourth-order valence-corrected chi connectivity index (χ4v) is 1.59. The number of rotatable bonds is 3. The summed E-state index contributed by atoms with van der Waals surface area (Å²) in [5.41, 5.74) is 7.79. The molecule has 1 amide bonds. The minimum atomic E-state index is -0.396. The van der Waals surface area contributed by atoms with Crippen molar-refractivity contribution in [3.63, 3.8) is 0 Å². The van der Waals surface area contributed by atoms with Gasteiger partial charge >= 0.3 is 0 Å². The fourth-order valence-electron chi connectivity index (χ4n) is 1.59. The molecule has 2 rings (SSSR count). The molecule has 2 aromatic rings. The molecule has 19 heavy (non-hydrogen) atoms. The third-order valence-electron chi connectivity index (χ3n) is 2.74. The summed E-state index contributed by atoms with van der Waals surface area (Å²) in [5.74, 6) is -0.774. The summed E-state index contributed by atoms with van der Waals surface area (Å²) in [5, 5.41) is 2.63. The molecule has 0 spiro atoms. The van der Waals surface area contributed by atoms with Crippen molar-refractivity contribution in [1.29, 1.82) is 0 Å². The summed E-state index contributed by atoms with van der Waals surface area (Å²) in [6.07, 6.45) is 1.55. The minimum absolute atomic E-state index is 0.265. The van der Waals surface area contributed by atoms with Gasteiger partial charge in [0.2, 0.25) is 0 Å². The second-order valence-electron chi connectivity index (χ2n) is 4.17. The lowest BCUT2D eigenvalue weighted by molar-refractivity contribution is 0.102. The molecule has 1 aromatic heterocycles. The monoisotopic (exact) mass is 259 g/mol.